The second-order valence-electron chi connectivity index (χ2n) is 8.47. The Morgan fingerprint density at radius 2 is 2.09 bits per heavy atom. The lowest BCUT2D eigenvalue weighted by Gasteiger charge is -2.33. The van der Waals surface area contributed by atoms with E-state index in [1.807, 2.05) is 60.2 Å². The van der Waals surface area contributed by atoms with Crippen LogP contribution >= 0.6 is 0 Å². The van der Waals surface area contributed by atoms with Crippen LogP contribution in [-0.2, 0) is 11.3 Å². The summed E-state index contributed by atoms with van der Waals surface area (Å²) in [6.45, 7) is 4.33. The minimum atomic E-state index is 0.142. The van der Waals surface area contributed by atoms with E-state index in [4.69, 9.17) is 15.5 Å². The number of aryl methyl sites for hydroxylation is 1. The third-order valence-electron chi connectivity index (χ3n) is 5.91. The molecule has 2 aromatic heterocycles. The fraction of sp³-hybridized carbons (Fsp3) is 0.417. The first-order valence-corrected chi connectivity index (χ1v) is 10.9. The number of fused-ring (bicyclic) bond motifs is 1. The number of hydrogen-bond donors (Lipinski definition) is 1. The van der Waals surface area contributed by atoms with E-state index in [0.29, 0.717) is 36.9 Å². The molecule has 0 unspecified atom stereocenters. The van der Waals surface area contributed by atoms with E-state index in [1.54, 1.807) is 7.11 Å². The van der Waals surface area contributed by atoms with Gasteiger partial charge in [0.2, 0.25) is 5.91 Å². The lowest BCUT2D eigenvalue weighted by molar-refractivity contribution is -0.133. The van der Waals surface area contributed by atoms with Crippen LogP contribution in [0.5, 0.6) is 5.75 Å². The zero-order valence-corrected chi connectivity index (χ0v) is 18.9. The summed E-state index contributed by atoms with van der Waals surface area (Å²) in [5, 5.41) is 0.766. The lowest BCUT2D eigenvalue weighted by atomic mass is 9.94. The molecule has 1 atom stereocenters. The number of carbonyl (C=O) groups is 1. The Balaban J connectivity index is 1.41. The summed E-state index contributed by atoms with van der Waals surface area (Å²) in [4.78, 5) is 30.4. The number of nitrogens with zero attached hydrogens (tertiary/aromatic N) is 5. The summed E-state index contributed by atoms with van der Waals surface area (Å²) in [5.74, 6) is 2.22. The van der Waals surface area contributed by atoms with Crippen LogP contribution in [0.25, 0.3) is 11.0 Å². The quantitative estimate of drug-likeness (QED) is 0.637. The maximum Gasteiger partial charge on any atom is 0.236 e. The Hall–Kier alpha value is -3.26. The van der Waals surface area contributed by atoms with Crippen LogP contribution in [0.3, 0.4) is 0 Å². The number of pyridine rings is 1. The van der Waals surface area contributed by atoms with E-state index in [2.05, 4.69) is 9.97 Å². The third-order valence-corrected chi connectivity index (χ3v) is 5.91. The second-order valence-corrected chi connectivity index (χ2v) is 8.47. The highest BCUT2D eigenvalue weighted by Crippen LogP contribution is 2.28. The molecule has 3 heterocycles. The number of nitrogens with two attached hydrogens (primary N) is 1. The van der Waals surface area contributed by atoms with E-state index in [-0.39, 0.29) is 11.8 Å². The smallest absolute Gasteiger partial charge is 0.236 e. The van der Waals surface area contributed by atoms with Gasteiger partial charge in [0.25, 0.3) is 0 Å². The summed E-state index contributed by atoms with van der Waals surface area (Å²) in [6.07, 6.45) is 1.96. The largest absolute Gasteiger partial charge is 0.497 e. The predicted octanol–water partition coefficient (Wildman–Crippen LogP) is 2.76. The average molecular weight is 435 g/mol. The minimum absolute atomic E-state index is 0.142. The van der Waals surface area contributed by atoms with E-state index in [0.717, 1.165) is 41.8 Å². The number of nitrogen functional groups attached to an aromatic ring is 1. The van der Waals surface area contributed by atoms with Gasteiger partial charge in [-0.3, -0.25) is 9.69 Å². The highest BCUT2D eigenvalue weighted by Gasteiger charge is 2.26. The van der Waals surface area contributed by atoms with Crippen molar-refractivity contribution in [2.75, 3.05) is 39.5 Å². The van der Waals surface area contributed by atoms with Crippen LogP contribution in [0.15, 0.2) is 36.4 Å². The highest BCUT2D eigenvalue weighted by atomic mass is 16.5. The van der Waals surface area contributed by atoms with Crippen LogP contribution in [0.1, 0.15) is 35.8 Å². The molecule has 32 heavy (non-hydrogen) atoms. The van der Waals surface area contributed by atoms with E-state index >= 15 is 0 Å². The van der Waals surface area contributed by atoms with Crippen molar-refractivity contribution < 1.29 is 9.53 Å². The van der Waals surface area contributed by atoms with Crippen molar-refractivity contribution in [3.8, 4) is 5.75 Å². The molecule has 1 aromatic carbocycles. The first-order chi connectivity index (χ1) is 15.4. The Bertz CT molecular complexity index is 1120. The Kier molecular flexibility index (Phi) is 6.50. The number of carbonyl (C=O) groups excluding carboxylic acids is 1. The number of piperidine rings is 1. The molecule has 1 fully saturated rings. The van der Waals surface area contributed by atoms with Gasteiger partial charge in [0.1, 0.15) is 17.4 Å². The normalized spacial score (nSPS) is 16.5. The summed E-state index contributed by atoms with van der Waals surface area (Å²) < 4.78 is 5.29. The maximum atomic E-state index is 13.0. The molecule has 168 valence electrons. The monoisotopic (exact) mass is 434 g/mol. The summed E-state index contributed by atoms with van der Waals surface area (Å²) in [7, 11) is 3.63. The first-order valence-electron chi connectivity index (χ1n) is 10.9. The SMILES string of the molecule is COc1cccc(CN(C)CC(=O)N2CCC[C@@H](c3ccc4c(N)nc(C)nc4n3)C2)c1. The molecule has 3 aromatic rings. The standard InChI is InChI=1S/C24H30N6O2/c1-16-26-23(25)20-9-10-21(28-24(20)27-16)18-7-5-11-30(14-18)22(31)15-29(2)13-17-6-4-8-19(12-17)32-3/h4,6,8-10,12,18H,5,7,11,13-15H2,1-3H3,(H2,25,26,27,28)/t18-/m1/s1. The van der Waals surface area contributed by atoms with Crippen molar-refractivity contribution in [3.05, 3.63) is 53.5 Å². The van der Waals surface area contributed by atoms with Crippen LogP contribution in [0.4, 0.5) is 5.82 Å². The second kappa shape index (κ2) is 9.48. The number of methoxy groups -OCH3 is 1. The molecule has 0 aliphatic carbocycles. The molecular formula is C24H30N6O2. The van der Waals surface area contributed by atoms with E-state index in [9.17, 15) is 4.79 Å². The molecule has 0 saturated carbocycles. The van der Waals surface area contributed by atoms with Gasteiger partial charge in [-0.05, 0) is 56.6 Å². The van der Waals surface area contributed by atoms with Crippen molar-refractivity contribution in [2.24, 2.45) is 0 Å². The van der Waals surface area contributed by atoms with Gasteiger partial charge in [0.15, 0.2) is 5.65 Å². The van der Waals surface area contributed by atoms with Gasteiger partial charge in [-0.2, -0.15) is 0 Å². The van der Waals surface area contributed by atoms with Crippen LogP contribution < -0.4 is 10.5 Å². The maximum absolute atomic E-state index is 13.0. The molecule has 2 N–H and O–H groups in total. The summed E-state index contributed by atoms with van der Waals surface area (Å²) in [6, 6.07) is 11.9. The van der Waals surface area contributed by atoms with Gasteiger partial charge < -0.3 is 15.4 Å². The number of amides is 1. The van der Waals surface area contributed by atoms with Gasteiger partial charge in [-0.15, -0.1) is 0 Å². The predicted molar refractivity (Wildman–Crippen MR) is 124 cm³/mol. The minimum Gasteiger partial charge on any atom is -0.497 e. The molecule has 8 nitrogen and oxygen atoms in total. The van der Waals surface area contributed by atoms with Crippen molar-refractivity contribution in [3.63, 3.8) is 0 Å². The molecule has 1 aliphatic heterocycles. The molecule has 8 heteroatoms. The molecular weight excluding hydrogens is 404 g/mol. The number of hydrogen-bond acceptors (Lipinski definition) is 7. The van der Waals surface area contributed by atoms with Crippen LogP contribution in [0, 0.1) is 6.92 Å². The fourth-order valence-electron chi connectivity index (χ4n) is 4.30. The number of ether oxygens (including phenoxy) is 1. The molecule has 1 aliphatic rings. The number of anilines is 1. The van der Waals surface area contributed by atoms with Crippen molar-refractivity contribution in [1.29, 1.82) is 0 Å². The summed E-state index contributed by atoms with van der Waals surface area (Å²) in [5.41, 5.74) is 8.70. The summed E-state index contributed by atoms with van der Waals surface area (Å²) >= 11 is 0. The fourth-order valence-corrected chi connectivity index (χ4v) is 4.30. The number of likely N-dealkylation sites (tertiary alicyclic amines) is 1. The van der Waals surface area contributed by atoms with Crippen molar-refractivity contribution >= 4 is 22.8 Å². The molecule has 0 bridgehead atoms. The molecule has 1 saturated heterocycles. The number of benzene rings is 1. The zero-order valence-electron chi connectivity index (χ0n) is 18.9. The van der Waals surface area contributed by atoms with Crippen LogP contribution in [-0.4, -0.2) is 64.5 Å². The highest BCUT2D eigenvalue weighted by molar-refractivity contribution is 5.85. The topological polar surface area (TPSA) is 97.5 Å². The Morgan fingerprint density at radius 3 is 2.91 bits per heavy atom. The average Bonchev–Trinajstić information content (AvgIpc) is 2.78. The Labute approximate surface area is 188 Å². The van der Waals surface area contributed by atoms with Gasteiger partial charge in [0.05, 0.1) is 19.0 Å². The number of likely N-dealkylation sites (N-methyl/N-ethyl adjacent to an activating group) is 1. The lowest BCUT2D eigenvalue weighted by Crippen LogP contribution is -2.43. The van der Waals surface area contributed by atoms with E-state index < -0.39 is 0 Å². The van der Waals surface area contributed by atoms with Gasteiger partial charge in [0, 0.05) is 31.2 Å². The third kappa shape index (κ3) is 4.96. The van der Waals surface area contributed by atoms with Gasteiger partial charge in [-0.1, -0.05) is 12.1 Å². The number of aromatic nitrogens is 3. The molecule has 1 amide bonds. The van der Waals surface area contributed by atoms with Crippen molar-refractivity contribution in [2.45, 2.75) is 32.2 Å². The van der Waals surface area contributed by atoms with Gasteiger partial charge >= 0.3 is 0 Å². The zero-order chi connectivity index (χ0) is 22.7. The van der Waals surface area contributed by atoms with Gasteiger partial charge in [-0.25, -0.2) is 15.0 Å². The molecule has 4 rings (SSSR count). The van der Waals surface area contributed by atoms with Crippen LogP contribution in [0.2, 0.25) is 0 Å². The first kappa shape index (κ1) is 22.0. The molecule has 0 spiro atoms. The Morgan fingerprint density at radius 1 is 1.25 bits per heavy atom. The van der Waals surface area contributed by atoms with Crippen molar-refractivity contribution in [1.82, 2.24) is 24.8 Å². The molecule has 0 radical (unpaired) electrons. The number of rotatable bonds is 6. The van der Waals surface area contributed by atoms with E-state index in [1.165, 1.54) is 0 Å².